The zero-order valence-electron chi connectivity index (χ0n) is 11.8. The Morgan fingerprint density at radius 2 is 2.10 bits per heavy atom. The maximum atomic E-state index is 13.9. The van der Waals surface area contributed by atoms with Gasteiger partial charge >= 0.3 is 0 Å². The lowest BCUT2D eigenvalue weighted by Gasteiger charge is -2.17. The van der Waals surface area contributed by atoms with Gasteiger partial charge in [0, 0.05) is 21.6 Å². The zero-order valence-corrected chi connectivity index (χ0v) is 14.1. The van der Waals surface area contributed by atoms with Crippen molar-refractivity contribution < 1.29 is 9.13 Å². The first-order valence-corrected chi connectivity index (χ1v) is 7.72. The molecule has 0 spiro atoms. The van der Waals surface area contributed by atoms with Crippen molar-refractivity contribution in [3.05, 3.63) is 62.8 Å². The van der Waals surface area contributed by atoms with Gasteiger partial charge in [-0.15, -0.1) is 0 Å². The van der Waals surface area contributed by atoms with Crippen LogP contribution in [0.5, 0.6) is 5.75 Å². The maximum absolute atomic E-state index is 13.9. The number of nitrogens with one attached hydrogen (secondary N) is 1. The van der Waals surface area contributed by atoms with Gasteiger partial charge in [0.1, 0.15) is 18.2 Å². The van der Waals surface area contributed by atoms with Gasteiger partial charge in [-0.2, -0.15) is 0 Å². The van der Waals surface area contributed by atoms with Gasteiger partial charge < -0.3 is 10.1 Å². The SMILES string of the molecule is CNC(C)c1cc(Br)ccc1OCc1cccc(Cl)c1F. The van der Waals surface area contributed by atoms with E-state index in [2.05, 4.69) is 21.2 Å². The number of rotatable bonds is 5. The zero-order chi connectivity index (χ0) is 15.4. The summed E-state index contributed by atoms with van der Waals surface area (Å²) in [4.78, 5) is 0. The first kappa shape index (κ1) is 16.3. The van der Waals surface area contributed by atoms with Crippen LogP contribution in [0.15, 0.2) is 40.9 Å². The van der Waals surface area contributed by atoms with Crippen LogP contribution in [0, 0.1) is 5.82 Å². The van der Waals surface area contributed by atoms with Crippen LogP contribution in [0.2, 0.25) is 5.02 Å². The minimum atomic E-state index is -0.431. The first-order chi connectivity index (χ1) is 10.0. The average molecular weight is 373 g/mol. The molecule has 112 valence electrons. The highest BCUT2D eigenvalue weighted by molar-refractivity contribution is 9.10. The van der Waals surface area contributed by atoms with Crippen molar-refractivity contribution >= 4 is 27.5 Å². The van der Waals surface area contributed by atoms with Gasteiger partial charge in [0.25, 0.3) is 0 Å². The van der Waals surface area contributed by atoms with Crippen LogP contribution in [0.1, 0.15) is 24.1 Å². The van der Waals surface area contributed by atoms with Crippen molar-refractivity contribution in [2.75, 3.05) is 7.05 Å². The molecule has 1 N–H and O–H groups in total. The predicted molar refractivity (Wildman–Crippen MR) is 87.4 cm³/mol. The lowest BCUT2D eigenvalue weighted by atomic mass is 10.1. The van der Waals surface area contributed by atoms with E-state index in [1.807, 2.05) is 32.2 Å². The molecule has 2 rings (SSSR count). The Bertz CT molecular complexity index is 636. The summed E-state index contributed by atoms with van der Waals surface area (Å²) in [6, 6.07) is 10.8. The van der Waals surface area contributed by atoms with Crippen LogP contribution < -0.4 is 10.1 Å². The summed E-state index contributed by atoms with van der Waals surface area (Å²) in [6.07, 6.45) is 0. The van der Waals surface area contributed by atoms with E-state index < -0.39 is 5.82 Å². The molecule has 0 bridgehead atoms. The normalized spacial score (nSPS) is 12.2. The first-order valence-electron chi connectivity index (χ1n) is 6.55. The van der Waals surface area contributed by atoms with Gasteiger partial charge in [-0.1, -0.05) is 39.7 Å². The monoisotopic (exact) mass is 371 g/mol. The van der Waals surface area contributed by atoms with Crippen LogP contribution in [0.3, 0.4) is 0 Å². The predicted octanol–water partition coefficient (Wildman–Crippen LogP) is 5.10. The highest BCUT2D eigenvalue weighted by Crippen LogP contribution is 2.29. The second-order valence-electron chi connectivity index (χ2n) is 4.69. The van der Waals surface area contributed by atoms with Crippen molar-refractivity contribution in [1.29, 1.82) is 0 Å². The van der Waals surface area contributed by atoms with Crippen LogP contribution in [0.25, 0.3) is 0 Å². The van der Waals surface area contributed by atoms with Crippen molar-refractivity contribution in [3.63, 3.8) is 0 Å². The van der Waals surface area contributed by atoms with Crippen LogP contribution in [-0.4, -0.2) is 7.05 Å². The van der Waals surface area contributed by atoms with Crippen LogP contribution in [0.4, 0.5) is 4.39 Å². The molecule has 0 fully saturated rings. The Labute approximate surface area is 137 Å². The summed E-state index contributed by atoms with van der Waals surface area (Å²) in [5, 5.41) is 3.28. The van der Waals surface area contributed by atoms with E-state index in [1.54, 1.807) is 12.1 Å². The van der Waals surface area contributed by atoms with Gasteiger partial charge in [-0.3, -0.25) is 0 Å². The Hall–Kier alpha value is -1.10. The summed E-state index contributed by atoms with van der Waals surface area (Å²) in [7, 11) is 1.88. The summed E-state index contributed by atoms with van der Waals surface area (Å²) in [5.41, 5.74) is 1.45. The molecule has 5 heteroatoms. The molecule has 0 aliphatic heterocycles. The van der Waals surface area contributed by atoms with Crippen molar-refractivity contribution in [2.24, 2.45) is 0 Å². The minimum Gasteiger partial charge on any atom is -0.488 e. The van der Waals surface area contributed by atoms with E-state index in [1.165, 1.54) is 6.07 Å². The Morgan fingerprint density at radius 1 is 1.33 bits per heavy atom. The lowest BCUT2D eigenvalue weighted by Crippen LogP contribution is -2.14. The van der Waals surface area contributed by atoms with E-state index in [9.17, 15) is 4.39 Å². The third-order valence-electron chi connectivity index (χ3n) is 3.29. The summed E-state index contributed by atoms with van der Waals surface area (Å²) < 4.78 is 20.6. The van der Waals surface area contributed by atoms with Crippen LogP contribution >= 0.6 is 27.5 Å². The molecule has 0 aliphatic rings. The topological polar surface area (TPSA) is 21.3 Å². The number of hydrogen-bond donors (Lipinski definition) is 1. The number of hydrogen-bond acceptors (Lipinski definition) is 2. The number of benzene rings is 2. The molecule has 1 atom stereocenters. The molecule has 0 radical (unpaired) electrons. The smallest absolute Gasteiger partial charge is 0.148 e. The van der Waals surface area contributed by atoms with Crippen LogP contribution in [-0.2, 0) is 6.61 Å². The highest BCUT2D eigenvalue weighted by Gasteiger charge is 2.12. The van der Waals surface area contributed by atoms with E-state index in [0.717, 1.165) is 15.8 Å². The van der Waals surface area contributed by atoms with E-state index in [4.69, 9.17) is 16.3 Å². The summed E-state index contributed by atoms with van der Waals surface area (Å²) >= 11 is 9.22. The Kier molecular flexibility index (Phi) is 5.62. The van der Waals surface area contributed by atoms with Gasteiger partial charge in [0.15, 0.2) is 0 Å². The fraction of sp³-hybridized carbons (Fsp3) is 0.250. The minimum absolute atomic E-state index is 0.107. The summed E-state index contributed by atoms with van der Waals surface area (Å²) in [5.74, 6) is 0.291. The highest BCUT2D eigenvalue weighted by atomic mass is 79.9. The average Bonchev–Trinajstić information content (AvgIpc) is 2.49. The molecule has 0 aromatic heterocycles. The van der Waals surface area contributed by atoms with Gasteiger partial charge in [-0.05, 0) is 38.2 Å². The molecule has 0 amide bonds. The quantitative estimate of drug-likeness (QED) is 0.788. The van der Waals surface area contributed by atoms with Crippen molar-refractivity contribution in [3.8, 4) is 5.75 Å². The van der Waals surface area contributed by atoms with E-state index in [0.29, 0.717) is 5.56 Å². The lowest BCUT2D eigenvalue weighted by molar-refractivity contribution is 0.294. The molecule has 0 saturated carbocycles. The molecule has 0 saturated heterocycles. The third kappa shape index (κ3) is 3.96. The molecule has 0 heterocycles. The molecule has 0 aliphatic carbocycles. The second kappa shape index (κ2) is 7.25. The maximum Gasteiger partial charge on any atom is 0.148 e. The fourth-order valence-electron chi connectivity index (χ4n) is 1.96. The Morgan fingerprint density at radius 3 is 2.81 bits per heavy atom. The fourth-order valence-corrected chi connectivity index (χ4v) is 2.53. The standard InChI is InChI=1S/C16H16BrClFNO/c1-10(20-2)13-8-12(17)6-7-15(13)21-9-11-4-3-5-14(18)16(11)19/h3-8,10,20H,9H2,1-2H3. The largest absolute Gasteiger partial charge is 0.488 e. The van der Waals surface area contributed by atoms with Crippen molar-refractivity contribution in [1.82, 2.24) is 5.32 Å². The van der Waals surface area contributed by atoms with Gasteiger partial charge in [0.05, 0.1) is 5.02 Å². The summed E-state index contributed by atoms with van der Waals surface area (Å²) in [6.45, 7) is 2.17. The Balaban J connectivity index is 2.22. The molecule has 2 aromatic carbocycles. The number of halogens is 3. The van der Waals surface area contributed by atoms with Crippen molar-refractivity contribution in [2.45, 2.75) is 19.6 Å². The molecule has 2 aromatic rings. The second-order valence-corrected chi connectivity index (χ2v) is 6.02. The van der Waals surface area contributed by atoms with E-state index in [-0.39, 0.29) is 17.7 Å². The molecule has 2 nitrogen and oxygen atoms in total. The molecule has 21 heavy (non-hydrogen) atoms. The molecule has 1 unspecified atom stereocenters. The molecular formula is C16H16BrClFNO. The van der Waals surface area contributed by atoms with Gasteiger partial charge in [-0.25, -0.2) is 4.39 Å². The third-order valence-corrected chi connectivity index (χ3v) is 4.07. The van der Waals surface area contributed by atoms with Gasteiger partial charge in [0.2, 0.25) is 0 Å². The molecular weight excluding hydrogens is 357 g/mol. The van der Waals surface area contributed by atoms with E-state index >= 15 is 0 Å². The number of ether oxygens (including phenoxy) is 1.